The summed E-state index contributed by atoms with van der Waals surface area (Å²) >= 11 is 0. The summed E-state index contributed by atoms with van der Waals surface area (Å²) in [5.74, 6) is -0.417. The Bertz CT molecular complexity index is 919. The number of carbonyl (C=O) groups is 1. The summed E-state index contributed by atoms with van der Waals surface area (Å²) in [5, 5.41) is 3.08. The van der Waals surface area contributed by atoms with Gasteiger partial charge in [0, 0.05) is 24.6 Å². The summed E-state index contributed by atoms with van der Waals surface area (Å²) in [6.45, 7) is 0. The minimum Gasteiger partial charge on any atom is -0.460 e. The molecule has 0 saturated heterocycles. The molecule has 1 aromatic carbocycles. The normalized spacial score (nSPS) is 19.2. The first-order valence-corrected chi connectivity index (χ1v) is 9.36. The van der Waals surface area contributed by atoms with Crippen LogP contribution in [-0.2, 0) is 0 Å². The first-order chi connectivity index (χ1) is 13.7. The number of hydrogen-bond donors (Lipinski definition) is 2. The van der Waals surface area contributed by atoms with Crippen LogP contribution in [0.25, 0.3) is 11.1 Å². The molecule has 2 heterocycles. The molecule has 144 valence electrons. The lowest BCUT2D eigenvalue weighted by molar-refractivity contribution is 0.0881. The quantitative estimate of drug-likeness (QED) is 0.707. The third kappa shape index (κ3) is 4.36. The highest BCUT2D eigenvalue weighted by Crippen LogP contribution is 2.23. The van der Waals surface area contributed by atoms with Gasteiger partial charge >= 0.3 is 6.01 Å². The van der Waals surface area contributed by atoms with Gasteiger partial charge in [-0.2, -0.15) is 0 Å². The van der Waals surface area contributed by atoms with Crippen LogP contribution in [0.5, 0.6) is 6.01 Å². The highest BCUT2D eigenvalue weighted by atomic mass is 19.1. The molecule has 0 atom stereocenters. The lowest BCUT2D eigenvalue weighted by atomic mass is 9.93. The van der Waals surface area contributed by atoms with Crippen LogP contribution >= 0.6 is 0 Å². The van der Waals surface area contributed by atoms with Gasteiger partial charge in [0.2, 0.25) is 0 Å². The topological polar surface area (TPSA) is 79.9 Å². The van der Waals surface area contributed by atoms with Gasteiger partial charge in [-0.25, -0.2) is 14.4 Å². The van der Waals surface area contributed by atoms with Crippen LogP contribution in [0.15, 0.2) is 55.0 Å². The van der Waals surface area contributed by atoms with Crippen molar-refractivity contribution < 1.29 is 13.9 Å². The Morgan fingerprint density at radius 1 is 1.07 bits per heavy atom. The molecule has 28 heavy (non-hydrogen) atoms. The molecule has 0 spiro atoms. The molecule has 1 saturated carbocycles. The number of rotatable bonds is 5. The van der Waals surface area contributed by atoms with Gasteiger partial charge in [-0.15, -0.1) is 0 Å². The second-order valence-corrected chi connectivity index (χ2v) is 6.91. The van der Waals surface area contributed by atoms with Crippen molar-refractivity contribution in [3.05, 3.63) is 66.5 Å². The predicted octanol–water partition coefficient (Wildman–Crippen LogP) is 3.73. The molecular weight excluding hydrogens is 359 g/mol. The van der Waals surface area contributed by atoms with Crippen LogP contribution in [0.4, 0.5) is 4.39 Å². The monoisotopic (exact) mass is 380 g/mol. The van der Waals surface area contributed by atoms with Crippen molar-refractivity contribution in [1.82, 2.24) is 20.3 Å². The van der Waals surface area contributed by atoms with Crippen LogP contribution in [0.3, 0.4) is 0 Å². The van der Waals surface area contributed by atoms with Crippen molar-refractivity contribution in [3.63, 3.8) is 0 Å². The maximum atomic E-state index is 13.1. The fourth-order valence-corrected chi connectivity index (χ4v) is 3.42. The van der Waals surface area contributed by atoms with E-state index in [1.54, 1.807) is 42.9 Å². The second kappa shape index (κ2) is 8.21. The van der Waals surface area contributed by atoms with E-state index in [2.05, 4.69) is 20.3 Å². The van der Waals surface area contributed by atoms with Crippen LogP contribution in [0.1, 0.15) is 36.2 Å². The Kier molecular flexibility index (Phi) is 5.32. The molecule has 4 rings (SSSR count). The van der Waals surface area contributed by atoms with Crippen LogP contribution in [-0.4, -0.2) is 33.0 Å². The fourth-order valence-electron chi connectivity index (χ4n) is 3.42. The average Bonchev–Trinajstić information content (AvgIpc) is 3.21. The van der Waals surface area contributed by atoms with E-state index in [-0.39, 0.29) is 23.9 Å². The van der Waals surface area contributed by atoms with Gasteiger partial charge in [0.05, 0.1) is 0 Å². The Labute approximate surface area is 162 Å². The number of amides is 1. The van der Waals surface area contributed by atoms with Crippen LogP contribution in [0.2, 0.25) is 0 Å². The maximum absolute atomic E-state index is 13.1. The Balaban J connectivity index is 1.29. The van der Waals surface area contributed by atoms with E-state index in [0.29, 0.717) is 11.7 Å². The SMILES string of the molecule is O=C(NC1CCC(Oc2ncccn2)CC1)c1cc(-c2ccc(F)cc2)c[nH]1. The summed E-state index contributed by atoms with van der Waals surface area (Å²) in [7, 11) is 0. The molecule has 6 nitrogen and oxygen atoms in total. The zero-order chi connectivity index (χ0) is 19.3. The van der Waals surface area contributed by atoms with Crippen molar-refractivity contribution in [2.45, 2.75) is 37.8 Å². The van der Waals surface area contributed by atoms with Gasteiger partial charge in [-0.1, -0.05) is 12.1 Å². The highest BCUT2D eigenvalue weighted by Gasteiger charge is 2.25. The largest absolute Gasteiger partial charge is 0.460 e. The smallest absolute Gasteiger partial charge is 0.316 e. The third-order valence-corrected chi connectivity index (χ3v) is 4.93. The van der Waals surface area contributed by atoms with Crippen molar-refractivity contribution in [2.24, 2.45) is 0 Å². The molecule has 0 aliphatic heterocycles. The van der Waals surface area contributed by atoms with E-state index in [1.807, 2.05) is 0 Å². The second-order valence-electron chi connectivity index (χ2n) is 6.91. The van der Waals surface area contributed by atoms with Crippen molar-refractivity contribution >= 4 is 5.91 Å². The Morgan fingerprint density at radius 2 is 1.79 bits per heavy atom. The zero-order valence-corrected chi connectivity index (χ0v) is 15.3. The predicted molar refractivity (Wildman–Crippen MR) is 102 cm³/mol. The van der Waals surface area contributed by atoms with E-state index in [1.165, 1.54) is 12.1 Å². The van der Waals surface area contributed by atoms with E-state index >= 15 is 0 Å². The molecular formula is C21H21FN4O2. The number of benzene rings is 1. The van der Waals surface area contributed by atoms with Crippen LogP contribution < -0.4 is 10.1 Å². The lowest BCUT2D eigenvalue weighted by Crippen LogP contribution is -2.39. The molecule has 7 heteroatoms. The van der Waals surface area contributed by atoms with Gasteiger partial charge in [0.15, 0.2) is 0 Å². The summed E-state index contributed by atoms with van der Waals surface area (Å²) in [6.07, 6.45) is 8.51. The van der Waals surface area contributed by atoms with E-state index in [0.717, 1.165) is 36.8 Å². The summed E-state index contributed by atoms with van der Waals surface area (Å²) in [5.41, 5.74) is 2.21. The van der Waals surface area contributed by atoms with Crippen molar-refractivity contribution in [1.29, 1.82) is 0 Å². The number of nitrogens with one attached hydrogen (secondary N) is 2. The number of carbonyl (C=O) groups excluding carboxylic acids is 1. The summed E-state index contributed by atoms with van der Waals surface area (Å²) in [4.78, 5) is 23.7. The lowest BCUT2D eigenvalue weighted by Gasteiger charge is -2.28. The molecule has 0 unspecified atom stereocenters. The van der Waals surface area contributed by atoms with Gasteiger partial charge in [-0.05, 0) is 61.1 Å². The Hall–Kier alpha value is -3.22. The van der Waals surface area contributed by atoms with E-state index in [9.17, 15) is 9.18 Å². The summed E-state index contributed by atoms with van der Waals surface area (Å²) < 4.78 is 18.8. The molecule has 1 aliphatic carbocycles. The number of hydrogen-bond acceptors (Lipinski definition) is 4. The highest BCUT2D eigenvalue weighted by molar-refractivity contribution is 5.94. The minimum absolute atomic E-state index is 0.0751. The molecule has 0 radical (unpaired) electrons. The van der Waals surface area contributed by atoms with Crippen molar-refractivity contribution in [3.8, 4) is 17.1 Å². The summed E-state index contributed by atoms with van der Waals surface area (Å²) in [6, 6.07) is 10.2. The van der Waals surface area contributed by atoms with Crippen LogP contribution in [0, 0.1) is 5.82 Å². The number of nitrogens with zero attached hydrogens (tertiary/aromatic N) is 2. The first-order valence-electron chi connectivity index (χ1n) is 9.36. The molecule has 1 fully saturated rings. The Morgan fingerprint density at radius 3 is 2.50 bits per heavy atom. The zero-order valence-electron chi connectivity index (χ0n) is 15.3. The van der Waals surface area contributed by atoms with Crippen molar-refractivity contribution in [2.75, 3.05) is 0 Å². The van der Waals surface area contributed by atoms with Gasteiger partial charge in [0.25, 0.3) is 5.91 Å². The molecule has 3 aromatic rings. The van der Waals surface area contributed by atoms with Gasteiger partial charge in [0.1, 0.15) is 17.6 Å². The number of aromatic nitrogens is 3. The van der Waals surface area contributed by atoms with E-state index < -0.39 is 0 Å². The molecule has 1 aliphatic rings. The number of H-pyrrole nitrogens is 1. The minimum atomic E-state index is -0.282. The number of aromatic amines is 1. The molecule has 2 aromatic heterocycles. The first kappa shape index (κ1) is 18.2. The molecule has 1 amide bonds. The van der Waals surface area contributed by atoms with Gasteiger partial charge < -0.3 is 15.0 Å². The van der Waals surface area contributed by atoms with E-state index in [4.69, 9.17) is 4.74 Å². The maximum Gasteiger partial charge on any atom is 0.316 e. The average molecular weight is 380 g/mol. The fraction of sp³-hybridized carbons (Fsp3) is 0.286. The molecule has 0 bridgehead atoms. The number of ether oxygens (including phenoxy) is 1. The third-order valence-electron chi connectivity index (χ3n) is 4.93. The van der Waals surface area contributed by atoms with Gasteiger partial charge in [-0.3, -0.25) is 4.79 Å². The molecule has 2 N–H and O–H groups in total. The number of halogens is 1. The standard InChI is InChI=1S/C21H21FN4O2/c22-16-4-2-14(3-5-16)15-12-19(25-13-15)20(27)26-17-6-8-18(9-7-17)28-21-23-10-1-11-24-21/h1-5,10-13,17-18,25H,6-9H2,(H,26,27).